The van der Waals surface area contributed by atoms with Gasteiger partial charge in [-0.3, -0.25) is 0 Å². The molecule has 0 amide bonds. The Hall–Kier alpha value is -3.32. The molecule has 208 valence electrons. The fraction of sp³-hybridized carbons (Fsp3) is 0.400. The molecular weight excluding hydrogens is 494 g/mol. The van der Waals surface area contributed by atoms with Gasteiger partial charge in [0.1, 0.15) is 0 Å². The lowest BCUT2D eigenvalue weighted by molar-refractivity contribution is -0.00518. The van der Waals surface area contributed by atoms with Crippen LogP contribution in [0.4, 0.5) is 17.1 Å². The van der Waals surface area contributed by atoms with Gasteiger partial charge in [0.25, 0.3) is 0 Å². The molecule has 9 rings (SSSR count). The summed E-state index contributed by atoms with van der Waals surface area (Å²) in [5.41, 5.74) is 9.81. The number of nitrogens with zero attached hydrogens (tertiary/aromatic N) is 1. The molecule has 0 radical (unpaired) electrons. The standard InChI is InChI=1S/C40H43N/c1-3-8-32(9-4-1)34-14-18-37(19-15-34)41(39-13-7-12-35(25-39)33-10-5-2-6-11-33)38-20-16-36(17-21-38)40-26-29-22-30(27-40)24-31(23-29)28-40/h2,5-7,10-21,25,29-32H,1,3-4,8-9,22-24,26-28H2. The van der Waals surface area contributed by atoms with E-state index < -0.39 is 0 Å². The molecule has 4 aromatic rings. The second-order valence-electron chi connectivity index (χ2n) is 13.9. The van der Waals surface area contributed by atoms with Crippen LogP contribution in [0.2, 0.25) is 0 Å². The highest BCUT2D eigenvalue weighted by Gasteiger charge is 2.51. The first-order valence-electron chi connectivity index (χ1n) is 16.4. The van der Waals surface area contributed by atoms with Gasteiger partial charge in [-0.1, -0.05) is 86.0 Å². The molecule has 0 atom stereocenters. The van der Waals surface area contributed by atoms with E-state index in [-0.39, 0.29) is 0 Å². The maximum atomic E-state index is 2.49. The van der Waals surface area contributed by atoms with Gasteiger partial charge in [-0.2, -0.15) is 0 Å². The van der Waals surface area contributed by atoms with Crippen molar-refractivity contribution in [2.75, 3.05) is 4.90 Å². The molecule has 41 heavy (non-hydrogen) atoms. The molecule has 5 aliphatic rings. The van der Waals surface area contributed by atoms with Crippen molar-refractivity contribution >= 4 is 17.1 Å². The summed E-state index contributed by atoms with van der Waals surface area (Å²) in [6.07, 6.45) is 15.6. The van der Waals surface area contributed by atoms with Crippen molar-refractivity contribution in [3.05, 3.63) is 114 Å². The first-order chi connectivity index (χ1) is 20.2. The predicted octanol–water partition coefficient (Wildman–Crippen LogP) is 11.3. The van der Waals surface area contributed by atoms with Gasteiger partial charge in [-0.25, -0.2) is 0 Å². The molecular formula is C40H43N. The van der Waals surface area contributed by atoms with Gasteiger partial charge in [0.15, 0.2) is 0 Å². The van der Waals surface area contributed by atoms with Gasteiger partial charge in [0, 0.05) is 17.1 Å². The van der Waals surface area contributed by atoms with Crippen molar-refractivity contribution in [3.8, 4) is 11.1 Å². The zero-order chi connectivity index (χ0) is 27.2. The highest BCUT2D eigenvalue weighted by atomic mass is 15.1. The molecule has 0 N–H and O–H groups in total. The molecule has 5 saturated carbocycles. The Morgan fingerprint density at radius 1 is 0.512 bits per heavy atom. The van der Waals surface area contributed by atoms with Crippen LogP contribution in [-0.2, 0) is 5.41 Å². The zero-order valence-electron chi connectivity index (χ0n) is 24.3. The van der Waals surface area contributed by atoms with E-state index in [4.69, 9.17) is 0 Å². The average Bonchev–Trinajstić information content (AvgIpc) is 3.02. The summed E-state index contributed by atoms with van der Waals surface area (Å²) < 4.78 is 0. The van der Waals surface area contributed by atoms with E-state index in [2.05, 4.69) is 108 Å². The van der Waals surface area contributed by atoms with Gasteiger partial charge < -0.3 is 4.90 Å². The minimum Gasteiger partial charge on any atom is -0.310 e. The van der Waals surface area contributed by atoms with Crippen LogP contribution in [0.25, 0.3) is 11.1 Å². The topological polar surface area (TPSA) is 3.24 Å². The lowest BCUT2D eigenvalue weighted by Crippen LogP contribution is -2.48. The summed E-state index contributed by atoms with van der Waals surface area (Å²) in [7, 11) is 0. The molecule has 1 nitrogen and oxygen atoms in total. The molecule has 5 aliphatic carbocycles. The Balaban J connectivity index is 1.16. The van der Waals surface area contributed by atoms with Gasteiger partial charge >= 0.3 is 0 Å². The van der Waals surface area contributed by atoms with E-state index in [0.29, 0.717) is 5.41 Å². The third-order valence-electron chi connectivity index (χ3n) is 11.2. The first-order valence-corrected chi connectivity index (χ1v) is 16.4. The minimum atomic E-state index is 0.437. The van der Waals surface area contributed by atoms with E-state index in [1.807, 2.05) is 0 Å². The first kappa shape index (κ1) is 25.4. The van der Waals surface area contributed by atoms with Crippen molar-refractivity contribution in [1.29, 1.82) is 0 Å². The van der Waals surface area contributed by atoms with Gasteiger partial charge in [-0.05, 0) is 139 Å². The van der Waals surface area contributed by atoms with Crippen molar-refractivity contribution in [1.82, 2.24) is 0 Å². The maximum absolute atomic E-state index is 2.49. The lowest BCUT2D eigenvalue weighted by atomic mass is 9.48. The van der Waals surface area contributed by atoms with Crippen LogP contribution in [0.3, 0.4) is 0 Å². The Morgan fingerprint density at radius 2 is 1.10 bits per heavy atom. The average molecular weight is 538 g/mol. The van der Waals surface area contributed by atoms with Gasteiger partial charge in [0.05, 0.1) is 0 Å². The molecule has 0 saturated heterocycles. The summed E-state index contributed by atoms with van der Waals surface area (Å²) in [6.45, 7) is 0. The fourth-order valence-electron chi connectivity index (χ4n) is 9.66. The largest absolute Gasteiger partial charge is 0.310 e. The van der Waals surface area contributed by atoms with Crippen LogP contribution in [0.5, 0.6) is 0 Å². The van der Waals surface area contributed by atoms with Crippen LogP contribution in [0.15, 0.2) is 103 Å². The molecule has 0 spiro atoms. The number of hydrogen-bond donors (Lipinski definition) is 0. The molecule has 1 heteroatoms. The fourth-order valence-corrected chi connectivity index (χ4v) is 9.66. The maximum Gasteiger partial charge on any atom is 0.0467 e. The second-order valence-corrected chi connectivity index (χ2v) is 13.9. The van der Waals surface area contributed by atoms with Crippen molar-refractivity contribution in [3.63, 3.8) is 0 Å². The van der Waals surface area contributed by atoms with Crippen LogP contribution in [0, 0.1) is 17.8 Å². The smallest absolute Gasteiger partial charge is 0.0467 e. The van der Waals surface area contributed by atoms with Crippen LogP contribution in [0.1, 0.15) is 87.7 Å². The monoisotopic (exact) mass is 537 g/mol. The highest BCUT2D eigenvalue weighted by molar-refractivity contribution is 5.80. The minimum absolute atomic E-state index is 0.437. The molecule has 0 aromatic heterocycles. The van der Waals surface area contributed by atoms with Crippen molar-refractivity contribution in [2.24, 2.45) is 17.8 Å². The summed E-state index contributed by atoms with van der Waals surface area (Å²) in [4.78, 5) is 2.47. The molecule has 4 aromatic carbocycles. The van der Waals surface area contributed by atoms with Gasteiger partial charge in [0.2, 0.25) is 0 Å². The Bertz CT molecular complexity index is 1440. The van der Waals surface area contributed by atoms with Crippen LogP contribution < -0.4 is 4.90 Å². The molecule has 0 heterocycles. The van der Waals surface area contributed by atoms with E-state index in [9.17, 15) is 0 Å². The summed E-state index contributed by atoms with van der Waals surface area (Å²) in [5, 5.41) is 0. The van der Waals surface area contributed by atoms with E-state index in [0.717, 1.165) is 23.7 Å². The number of rotatable bonds is 6. The Kier molecular flexibility index (Phi) is 6.50. The lowest BCUT2D eigenvalue weighted by Gasteiger charge is -2.57. The summed E-state index contributed by atoms with van der Waals surface area (Å²) in [5.74, 6) is 3.65. The zero-order valence-corrected chi connectivity index (χ0v) is 24.3. The summed E-state index contributed by atoms with van der Waals surface area (Å²) >= 11 is 0. The number of benzene rings is 4. The molecule has 5 fully saturated rings. The Morgan fingerprint density at radius 3 is 1.73 bits per heavy atom. The number of hydrogen-bond acceptors (Lipinski definition) is 1. The van der Waals surface area contributed by atoms with E-state index in [1.165, 1.54) is 104 Å². The summed E-state index contributed by atoms with van der Waals surface area (Å²) in [6, 6.07) is 39.2. The Labute approximate surface area is 246 Å². The third-order valence-corrected chi connectivity index (χ3v) is 11.2. The molecule has 0 aliphatic heterocycles. The number of anilines is 3. The molecule has 4 bridgehead atoms. The van der Waals surface area contributed by atoms with Crippen molar-refractivity contribution < 1.29 is 0 Å². The second kappa shape index (κ2) is 10.5. The quantitative estimate of drug-likeness (QED) is 0.236. The third kappa shape index (κ3) is 4.82. The molecule has 0 unspecified atom stereocenters. The van der Waals surface area contributed by atoms with E-state index >= 15 is 0 Å². The highest BCUT2D eigenvalue weighted by Crippen LogP contribution is 2.60. The van der Waals surface area contributed by atoms with Crippen molar-refractivity contribution in [2.45, 2.75) is 82.0 Å². The van der Waals surface area contributed by atoms with Gasteiger partial charge in [-0.15, -0.1) is 0 Å². The normalized spacial score (nSPS) is 27.2. The SMILES string of the molecule is c1ccc(-c2cccc(N(c3ccc(C4CCCCC4)cc3)c3ccc(C45CC6CC(CC(C6)C4)C5)cc3)c2)cc1. The van der Waals surface area contributed by atoms with Crippen LogP contribution >= 0.6 is 0 Å². The predicted molar refractivity (Wildman–Crippen MR) is 172 cm³/mol. The van der Waals surface area contributed by atoms with E-state index in [1.54, 1.807) is 5.56 Å². The van der Waals surface area contributed by atoms with Crippen LogP contribution in [-0.4, -0.2) is 0 Å².